The lowest BCUT2D eigenvalue weighted by Gasteiger charge is -2.19. The number of hydrogen-bond acceptors (Lipinski definition) is 2. The van der Waals surface area contributed by atoms with Crippen molar-refractivity contribution in [2.45, 2.75) is 19.8 Å². The van der Waals surface area contributed by atoms with Gasteiger partial charge < -0.3 is 4.90 Å². The Bertz CT molecular complexity index is 478. The van der Waals surface area contributed by atoms with Crippen LogP contribution in [0.3, 0.4) is 0 Å². The maximum Gasteiger partial charge on any atom is 0.207 e. The van der Waals surface area contributed by atoms with E-state index in [0.717, 1.165) is 30.8 Å². The molecule has 3 nitrogen and oxygen atoms in total. The van der Waals surface area contributed by atoms with Gasteiger partial charge in [-0.3, -0.25) is 0 Å². The Morgan fingerprint density at radius 1 is 1.44 bits per heavy atom. The van der Waals surface area contributed by atoms with E-state index in [1.165, 1.54) is 0 Å². The van der Waals surface area contributed by atoms with Gasteiger partial charge >= 0.3 is 0 Å². The van der Waals surface area contributed by atoms with E-state index in [2.05, 4.69) is 4.99 Å². The molecule has 0 aromatic heterocycles. The number of nitrogens with zero attached hydrogens (tertiary/aromatic N) is 3. The van der Waals surface area contributed by atoms with Gasteiger partial charge in [0.2, 0.25) is 6.19 Å². The van der Waals surface area contributed by atoms with Crippen LogP contribution < -0.4 is 0 Å². The molecule has 0 aliphatic rings. The van der Waals surface area contributed by atoms with E-state index in [1.54, 1.807) is 6.07 Å². The van der Waals surface area contributed by atoms with Crippen LogP contribution in [0, 0.1) is 11.5 Å². The van der Waals surface area contributed by atoms with Crippen LogP contribution in [0.1, 0.15) is 18.9 Å². The molecule has 96 valence electrons. The Hall–Kier alpha value is -1.24. The molecule has 0 amide bonds. The molecule has 0 spiro atoms. The maximum absolute atomic E-state index is 8.58. The molecular formula is C13H15Cl2N3. The van der Waals surface area contributed by atoms with Crippen LogP contribution in [0.25, 0.3) is 0 Å². The molecule has 18 heavy (non-hydrogen) atoms. The van der Waals surface area contributed by atoms with Crippen molar-refractivity contribution in [3.63, 3.8) is 0 Å². The zero-order valence-electron chi connectivity index (χ0n) is 10.5. The number of benzene rings is 1. The molecule has 0 N–H and O–H groups in total. The molecule has 0 saturated heterocycles. The fourth-order valence-electron chi connectivity index (χ4n) is 1.63. The first-order chi connectivity index (χ1) is 8.58. The largest absolute Gasteiger partial charge is 0.362 e. The van der Waals surface area contributed by atoms with Crippen molar-refractivity contribution in [2.24, 2.45) is 4.99 Å². The predicted octanol–water partition coefficient (Wildman–Crippen LogP) is 3.76. The minimum atomic E-state index is 0.636. The number of nitriles is 1. The second-order valence-electron chi connectivity index (χ2n) is 3.89. The standard InChI is InChI=1S/C13H15Cl2N3/c1-3-13(17-9-16)18(2)7-6-10-4-5-11(14)8-12(10)15/h4-5,8H,3,6-7H2,1-2H3. The van der Waals surface area contributed by atoms with Gasteiger partial charge in [-0.2, -0.15) is 10.3 Å². The highest BCUT2D eigenvalue weighted by Gasteiger charge is 2.06. The summed E-state index contributed by atoms with van der Waals surface area (Å²) in [6.07, 6.45) is 3.34. The van der Waals surface area contributed by atoms with Gasteiger partial charge in [-0.05, 0) is 24.1 Å². The SMILES string of the molecule is CCC(=NC#N)N(C)CCc1ccc(Cl)cc1Cl. The quantitative estimate of drug-likeness (QED) is 0.480. The van der Waals surface area contributed by atoms with E-state index in [0.29, 0.717) is 10.0 Å². The van der Waals surface area contributed by atoms with Gasteiger partial charge in [-0.1, -0.05) is 36.2 Å². The van der Waals surface area contributed by atoms with Gasteiger partial charge in [-0.15, -0.1) is 0 Å². The lowest BCUT2D eigenvalue weighted by molar-refractivity contribution is 0.499. The summed E-state index contributed by atoms with van der Waals surface area (Å²) < 4.78 is 0. The summed E-state index contributed by atoms with van der Waals surface area (Å²) in [6, 6.07) is 5.49. The van der Waals surface area contributed by atoms with Gasteiger partial charge in [0, 0.05) is 30.1 Å². The van der Waals surface area contributed by atoms with Crippen molar-refractivity contribution in [3.8, 4) is 6.19 Å². The molecule has 0 aliphatic heterocycles. The Labute approximate surface area is 118 Å². The van der Waals surface area contributed by atoms with Crippen LogP contribution in [0.2, 0.25) is 10.0 Å². The van der Waals surface area contributed by atoms with Crippen LogP contribution in [0.15, 0.2) is 23.2 Å². The van der Waals surface area contributed by atoms with Crippen molar-refractivity contribution in [3.05, 3.63) is 33.8 Å². The first-order valence-corrected chi connectivity index (χ1v) is 6.44. The topological polar surface area (TPSA) is 39.4 Å². The average molecular weight is 284 g/mol. The predicted molar refractivity (Wildman–Crippen MR) is 76.1 cm³/mol. The molecule has 5 heteroatoms. The number of amidine groups is 1. The average Bonchev–Trinajstić information content (AvgIpc) is 2.34. The first kappa shape index (κ1) is 14.8. The molecule has 1 rings (SSSR count). The van der Waals surface area contributed by atoms with Crippen molar-refractivity contribution in [1.29, 1.82) is 5.26 Å². The van der Waals surface area contributed by atoms with E-state index in [9.17, 15) is 0 Å². The summed E-state index contributed by atoms with van der Waals surface area (Å²) in [6.45, 7) is 2.73. The van der Waals surface area contributed by atoms with Crippen LogP contribution in [-0.4, -0.2) is 24.3 Å². The van der Waals surface area contributed by atoms with Gasteiger partial charge in [0.1, 0.15) is 5.84 Å². The normalized spacial score (nSPS) is 11.2. The Kier molecular flexibility index (Phi) is 5.97. The highest BCUT2D eigenvalue weighted by Crippen LogP contribution is 2.21. The molecule has 0 saturated carbocycles. The van der Waals surface area contributed by atoms with Crippen LogP contribution >= 0.6 is 23.2 Å². The minimum Gasteiger partial charge on any atom is -0.362 e. The summed E-state index contributed by atoms with van der Waals surface area (Å²) in [5, 5.41) is 9.89. The minimum absolute atomic E-state index is 0.636. The van der Waals surface area contributed by atoms with Crippen LogP contribution in [0.4, 0.5) is 0 Å². The highest BCUT2D eigenvalue weighted by molar-refractivity contribution is 6.35. The smallest absolute Gasteiger partial charge is 0.207 e. The monoisotopic (exact) mass is 283 g/mol. The maximum atomic E-state index is 8.58. The Morgan fingerprint density at radius 3 is 2.72 bits per heavy atom. The first-order valence-electron chi connectivity index (χ1n) is 5.69. The number of rotatable bonds is 4. The van der Waals surface area contributed by atoms with E-state index in [4.69, 9.17) is 28.5 Å². The zero-order valence-corrected chi connectivity index (χ0v) is 12.0. The summed E-state index contributed by atoms with van der Waals surface area (Å²) in [5.74, 6) is 0.780. The van der Waals surface area contributed by atoms with Gasteiger partial charge in [0.25, 0.3) is 0 Å². The van der Waals surface area contributed by atoms with Crippen molar-refractivity contribution < 1.29 is 0 Å². The third-order valence-electron chi connectivity index (χ3n) is 2.67. The molecule has 1 aromatic rings. The lowest BCUT2D eigenvalue weighted by atomic mass is 10.1. The number of hydrogen-bond donors (Lipinski definition) is 0. The van der Waals surface area contributed by atoms with Gasteiger partial charge in [0.05, 0.1) is 0 Å². The molecule has 0 bridgehead atoms. The Morgan fingerprint density at radius 2 is 2.17 bits per heavy atom. The third-order valence-corrected chi connectivity index (χ3v) is 3.25. The molecular weight excluding hydrogens is 269 g/mol. The van der Waals surface area contributed by atoms with Crippen LogP contribution in [0.5, 0.6) is 0 Å². The molecule has 0 unspecified atom stereocenters. The van der Waals surface area contributed by atoms with Gasteiger partial charge in [0.15, 0.2) is 0 Å². The summed E-state index contributed by atoms with van der Waals surface area (Å²) in [5.41, 5.74) is 1.04. The molecule has 1 aromatic carbocycles. The van der Waals surface area contributed by atoms with Crippen molar-refractivity contribution in [2.75, 3.05) is 13.6 Å². The second kappa shape index (κ2) is 7.25. The van der Waals surface area contributed by atoms with E-state index < -0.39 is 0 Å². The summed E-state index contributed by atoms with van der Waals surface area (Å²) in [7, 11) is 1.92. The molecule has 0 radical (unpaired) electrons. The number of likely N-dealkylation sites (N-methyl/N-ethyl adjacent to an activating group) is 1. The molecule has 0 aliphatic carbocycles. The van der Waals surface area contributed by atoms with E-state index in [-0.39, 0.29) is 0 Å². The van der Waals surface area contributed by atoms with Gasteiger partial charge in [-0.25, -0.2) is 0 Å². The number of aliphatic imine (C=N–C) groups is 1. The summed E-state index contributed by atoms with van der Waals surface area (Å²) in [4.78, 5) is 5.75. The second-order valence-corrected chi connectivity index (χ2v) is 4.73. The molecule has 0 fully saturated rings. The van der Waals surface area contributed by atoms with Crippen molar-refractivity contribution >= 4 is 29.0 Å². The molecule has 0 heterocycles. The highest BCUT2D eigenvalue weighted by atomic mass is 35.5. The van der Waals surface area contributed by atoms with Crippen LogP contribution in [-0.2, 0) is 6.42 Å². The number of halogens is 2. The fourth-order valence-corrected chi connectivity index (χ4v) is 2.14. The fraction of sp³-hybridized carbons (Fsp3) is 0.385. The zero-order chi connectivity index (χ0) is 13.5. The van der Waals surface area contributed by atoms with Crippen molar-refractivity contribution in [1.82, 2.24) is 4.90 Å². The lowest BCUT2D eigenvalue weighted by Crippen LogP contribution is -2.28. The molecule has 0 atom stereocenters. The van der Waals surface area contributed by atoms with E-state index in [1.807, 2.05) is 37.2 Å². The Balaban J connectivity index is 2.65. The summed E-state index contributed by atoms with van der Waals surface area (Å²) >= 11 is 11.9. The van der Waals surface area contributed by atoms with E-state index >= 15 is 0 Å². The third kappa shape index (κ3) is 4.21.